The van der Waals surface area contributed by atoms with Gasteiger partial charge in [-0.15, -0.1) is 11.3 Å². The number of nitrogens with zero attached hydrogens (tertiary/aromatic N) is 4. The van der Waals surface area contributed by atoms with Crippen molar-refractivity contribution in [2.45, 2.75) is 46.5 Å². The molecule has 0 aromatic carbocycles. The monoisotopic (exact) mass is 379 g/mol. The molecule has 0 fully saturated rings. The van der Waals surface area contributed by atoms with Crippen LogP contribution in [0.15, 0.2) is 36.0 Å². The van der Waals surface area contributed by atoms with E-state index in [2.05, 4.69) is 46.3 Å². The first kappa shape index (κ1) is 18.0. The van der Waals surface area contributed by atoms with E-state index >= 15 is 0 Å². The van der Waals surface area contributed by atoms with Gasteiger partial charge in [0.15, 0.2) is 5.82 Å². The van der Waals surface area contributed by atoms with E-state index in [0.717, 1.165) is 34.4 Å². The Kier molecular flexibility index (Phi) is 4.91. The fraction of sp³-hybridized carbons (Fsp3) is 0.429. The summed E-state index contributed by atoms with van der Waals surface area (Å²) in [4.78, 5) is 15.6. The average Bonchev–Trinajstić information content (AvgIpc) is 3.07. The highest BCUT2D eigenvalue weighted by Gasteiger charge is 2.33. The predicted octanol–water partition coefficient (Wildman–Crippen LogP) is 5.07. The van der Waals surface area contributed by atoms with Crippen molar-refractivity contribution in [1.29, 1.82) is 0 Å². The second-order valence-electron chi connectivity index (χ2n) is 7.84. The van der Waals surface area contributed by atoms with Crippen molar-refractivity contribution in [3.05, 3.63) is 46.9 Å². The van der Waals surface area contributed by atoms with Crippen molar-refractivity contribution in [3.63, 3.8) is 0 Å². The Bertz CT molecular complexity index is 961. The first-order valence-corrected chi connectivity index (χ1v) is 10.3. The largest absolute Gasteiger partial charge is 0.264 e. The second-order valence-corrected chi connectivity index (χ2v) is 8.93. The zero-order chi connectivity index (χ0) is 18.9. The van der Waals surface area contributed by atoms with Gasteiger partial charge in [0, 0.05) is 22.8 Å². The quantitative estimate of drug-likeness (QED) is 0.496. The molecule has 0 saturated carbocycles. The normalized spacial score (nSPS) is 17.4. The zero-order valence-corrected chi connectivity index (χ0v) is 16.9. The van der Waals surface area contributed by atoms with Crippen LogP contribution in [0.1, 0.15) is 49.6 Å². The summed E-state index contributed by atoms with van der Waals surface area (Å²) >= 11 is 1.81. The van der Waals surface area contributed by atoms with Gasteiger partial charge in [-0.25, -0.2) is 9.97 Å². The fourth-order valence-electron chi connectivity index (χ4n) is 3.77. The molecule has 3 aromatic heterocycles. The molecule has 0 radical (unpaired) electrons. The molecule has 0 bridgehead atoms. The van der Waals surface area contributed by atoms with Crippen molar-refractivity contribution < 1.29 is 0 Å². The molecule has 1 atom stereocenters. The summed E-state index contributed by atoms with van der Waals surface area (Å²) in [7, 11) is 0. The Labute approximate surface area is 164 Å². The van der Waals surface area contributed by atoms with Crippen LogP contribution in [0, 0.1) is 11.3 Å². The summed E-state index contributed by atoms with van der Waals surface area (Å²) in [6.07, 6.45) is 11.6. The molecule has 1 N–H and O–H groups in total. The van der Waals surface area contributed by atoms with Gasteiger partial charge in [-0.05, 0) is 42.2 Å². The molecule has 0 amide bonds. The number of aromatic nitrogens is 3. The molecule has 0 saturated heterocycles. The van der Waals surface area contributed by atoms with Crippen LogP contribution in [0.25, 0.3) is 10.2 Å². The SMILES string of the molecule is CCC(C)(C)[C@H]1CCc2sc3ncnc(N/N=C/c4cccnc4)c3c2C1. The Hall–Kier alpha value is -2.34. The molecule has 140 valence electrons. The topological polar surface area (TPSA) is 63.1 Å². The lowest BCUT2D eigenvalue weighted by molar-refractivity contribution is 0.184. The number of thiophene rings is 1. The predicted molar refractivity (Wildman–Crippen MR) is 112 cm³/mol. The number of aryl methyl sites for hydroxylation is 1. The van der Waals surface area contributed by atoms with Crippen LogP contribution in [-0.4, -0.2) is 21.2 Å². The van der Waals surface area contributed by atoms with Gasteiger partial charge in [-0.1, -0.05) is 33.3 Å². The summed E-state index contributed by atoms with van der Waals surface area (Å²) < 4.78 is 0. The summed E-state index contributed by atoms with van der Waals surface area (Å²) in [5.41, 5.74) is 5.87. The number of fused-ring (bicyclic) bond motifs is 3. The Morgan fingerprint density at radius 1 is 1.37 bits per heavy atom. The number of anilines is 1. The van der Waals surface area contributed by atoms with Crippen LogP contribution in [0.3, 0.4) is 0 Å². The molecule has 0 unspecified atom stereocenters. The van der Waals surface area contributed by atoms with Crippen molar-refractivity contribution in [2.75, 3.05) is 5.43 Å². The van der Waals surface area contributed by atoms with E-state index in [4.69, 9.17) is 0 Å². The number of nitrogens with one attached hydrogen (secondary N) is 1. The molecule has 1 aliphatic rings. The van der Waals surface area contributed by atoms with E-state index in [1.807, 2.05) is 23.5 Å². The lowest BCUT2D eigenvalue weighted by Crippen LogP contribution is -2.28. The maximum absolute atomic E-state index is 4.53. The van der Waals surface area contributed by atoms with Crippen molar-refractivity contribution in [1.82, 2.24) is 15.0 Å². The van der Waals surface area contributed by atoms with Gasteiger partial charge in [0.05, 0.1) is 11.6 Å². The van der Waals surface area contributed by atoms with Gasteiger partial charge >= 0.3 is 0 Å². The minimum absolute atomic E-state index is 0.355. The number of hydrogen-bond donors (Lipinski definition) is 1. The van der Waals surface area contributed by atoms with Gasteiger partial charge < -0.3 is 0 Å². The molecular weight excluding hydrogens is 354 g/mol. The molecule has 4 rings (SSSR count). The number of pyridine rings is 1. The van der Waals surface area contributed by atoms with E-state index in [1.54, 1.807) is 24.9 Å². The molecule has 27 heavy (non-hydrogen) atoms. The van der Waals surface area contributed by atoms with E-state index in [9.17, 15) is 0 Å². The zero-order valence-electron chi connectivity index (χ0n) is 16.1. The Morgan fingerprint density at radius 2 is 2.26 bits per heavy atom. The van der Waals surface area contributed by atoms with Gasteiger partial charge in [0.2, 0.25) is 0 Å². The number of hydrogen-bond acceptors (Lipinski definition) is 6. The first-order chi connectivity index (χ1) is 13.1. The number of rotatable bonds is 5. The maximum atomic E-state index is 4.53. The summed E-state index contributed by atoms with van der Waals surface area (Å²) in [5, 5.41) is 5.52. The van der Waals surface area contributed by atoms with Crippen molar-refractivity contribution >= 4 is 33.6 Å². The third-order valence-corrected chi connectivity index (χ3v) is 7.13. The lowest BCUT2D eigenvalue weighted by atomic mass is 9.69. The smallest absolute Gasteiger partial charge is 0.158 e. The average molecular weight is 380 g/mol. The van der Waals surface area contributed by atoms with Crippen LogP contribution in [-0.2, 0) is 12.8 Å². The third kappa shape index (κ3) is 3.58. The van der Waals surface area contributed by atoms with Gasteiger partial charge in [0.25, 0.3) is 0 Å². The molecule has 6 heteroatoms. The fourth-order valence-corrected chi connectivity index (χ4v) is 4.95. The Balaban J connectivity index is 1.65. The van der Waals surface area contributed by atoms with E-state index in [0.29, 0.717) is 11.3 Å². The minimum atomic E-state index is 0.355. The first-order valence-electron chi connectivity index (χ1n) is 9.53. The van der Waals surface area contributed by atoms with Crippen LogP contribution in [0.5, 0.6) is 0 Å². The van der Waals surface area contributed by atoms with Crippen LogP contribution < -0.4 is 5.43 Å². The molecule has 3 heterocycles. The van der Waals surface area contributed by atoms with Crippen molar-refractivity contribution in [2.24, 2.45) is 16.4 Å². The van der Waals surface area contributed by atoms with Crippen LogP contribution in [0.2, 0.25) is 0 Å². The van der Waals surface area contributed by atoms with Crippen LogP contribution >= 0.6 is 11.3 Å². The highest BCUT2D eigenvalue weighted by atomic mass is 32.1. The Morgan fingerprint density at radius 3 is 3.04 bits per heavy atom. The molecule has 0 aliphatic heterocycles. The standard InChI is InChI=1S/C21H25N5S/c1-4-21(2,3)15-7-8-17-16(10-15)18-19(23-13-24-20(18)27-17)26-25-12-14-6-5-9-22-11-14/h5-6,9,11-13,15H,4,7-8,10H2,1-3H3,(H,23,24,26)/b25-12+/t15-/m0/s1. The van der Waals surface area contributed by atoms with Gasteiger partial charge in [-0.3, -0.25) is 10.4 Å². The number of hydrazone groups is 1. The highest BCUT2D eigenvalue weighted by molar-refractivity contribution is 7.19. The van der Waals surface area contributed by atoms with Crippen molar-refractivity contribution in [3.8, 4) is 0 Å². The van der Waals surface area contributed by atoms with Gasteiger partial charge in [0.1, 0.15) is 11.2 Å². The molecule has 3 aromatic rings. The molecule has 5 nitrogen and oxygen atoms in total. The second kappa shape index (κ2) is 7.35. The third-order valence-electron chi connectivity index (χ3n) is 5.93. The summed E-state index contributed by atoms with van der Waals surface area (Å²) in [6.45, 7) is 7.08. The van der Waals surface area contributed by atoms with Gasteiger partial charge in [-0.2, -0.15) is 5.10 Å². The molecule has 1 aliphatic carbocycles. The van der Waals surface area contributed by atoms with E-state index in [1.165, 1.54) is 23.3 Å². The van der Waals surface area contributed by atoms with Crippen LogP contribution in [0.4, 0.5) is 5.82 Å². The maximum Gasteiger partial charge on any atom is 0.158 e. The molecular formula is C21H25N5S. The van der Waals surface area contributed by atoms with E-state index in [-0.39, 0.29) is 0 Å². The highest BCUT2D eigenvalue weighted by Crippen LogP contribution is 2.45. The lowest BCUT2D eigenvalue weighted by Gasteiger charge is -2.36. The van der Waals surface area contributed by atoms with E-state index < -0.39 is 0 Å². The minimum Gasteiger partial charge on any atom is -0.264 e. The summed E-state index contributed by atoms with van der Waals surface area (Å²) in [6, 6.07) is 3.87. The molecule has 0 spiro atoms. The summed E-state index contributed by atoms with van der Waals surface area (Å²) in [5.74, 6) is 1.49.